The van der Waals surface area contributed by atoms with Crippen LogP contribution in [-0.4, -0.2) is 29.4 Å². The summed E-state index contributed by atoms with van der Waals surface area (Å²) in [5.41, 5.74) is 5.34. The molecule has 0 spiro atoms. The number of carbonyl (C=O) groups excluding carboxylic acids is 1. The second kappa shape index (κ2) is 4.78. The molecule has 1 rings (SSSR count). The predicted molar refractivity (Wildman–Crippen MR) is 57.8 cm³/mol. The standard InChI is InChI=1S/C11H22N2O/c1-4-10-6-5-8(2)13(7-10)9(3)11(12)14/h8-10H,4-7H2,1-3H3,(H2,12,14)/t8-,9?,10-/m1/s1. The first-order valence-corrected chi connectivity index (χ1v) is 5.61. The number of nitrogens with zero attached hydrogens (tertiary/aromatic N) is 1. The average molecular weight is 198 g/mol. The number of piperidine rings is 1. The summed E-state index contributed by atoms with van der Waals surface area (Å²) in [5.74, 6) is 0.543. The Morgan fingerprint density at radius 3 is 2.71 bits per heavy atom. The number of nitrogens with two attached hydrogens (primary N) is 1. The smallest absolute Gasteiger partial charge is 0.234 e. The van der Waals surface area contributed by atoms with Gasteiger partial charge in [0.25, 0.3) is 0 Å². The summed E-state index contributed by atoms with van der Waals surface area (Å²) >= 11 is 0. The van der Waals surface area contributed by atoms with Crippen molar-refractivity contribution in [2.24, 2.45) is 11.7 Å². The Hall–Kier alpha value is -0.570. The maximum absolute atomic E-state index is 11.1. The van der Waals surface area contributed by atoms with Crippen molar-refractivity contribution >= 4 is 5.91 Å². The Labute approximate surface area is 86.6 Å². The van der Waals surface area contributed by atoms with Crippen molar-refractivity contribution in [2.45, 2.75) is 52.1 Å². The molecule has 1 amide bonds. The zero-order chi connectivity index (χ0) is 10.7. The van der Waals surface area contributed by atoms with Gasteiger partial charge in [0, 0.05) is 12.6 Å². The maximum Gasteiger partial charge on any atom is 0.234 e. The molecule has 3 nitrogen and oxygen atoms in total. The zero-order valence-electron chi connectivity index (χ0n) is 9.49. The number of primary amides is 1. The Balaban J connectivity index is 2.60. The molecular weight excluding hydrogens is 176 g/mol. The summed E-state index contributed by atoms with van der Waals surface area (Å²) in [4.78, 5) is 13.4. The lowest BCUT2D eigenvalue weighted by atomic mass is 9.90. The molecule has 1 aliphatic heterocycles. The van der Waals surface area contributed by atoms with Gasteiger partial charge in [-0.1, -0.05) is 13.3 Å². The van der Waals surface area contributed by atoms with Crippen molar-refractivity contribution in [1.29, 1.82) is 0 Å². The van der Waals surface area contributed by atoms with Gasteiger partial charge < -0.3 is 5.73 Å². The highest BCUT2D eigenvalue weighted by Crippen LogP contribution is 2.25. The van der Waals surface area contributed by atoms with Crippen LogP contribution in [0.4, 0.5) is 0 Å². The number of rotatable bonds is 3. The molecule has 0 aliphatic carbocycles. The van der Waals surface area contributed by atoms with Gasteiger partial charge >= 0.3 is 0 Å². The molecule has 0 bridgehead atoms. The number of amides is 1. The van der Waals surface area contributed by atoms with Crippen LogP contribution < -0.4 is 5.73 Å². The molecular formula is C11H22N2O. The highest BCUT2D eigenvalue weighted by molar-refractivity contribution is 5.79. The largest absolute Gasteiger partial charge is 0.368 e. The highest BCUT2D eigenvalue weighted by atomic mass is 16.1. The van der Waals surface area contributed by atoms with E-state index in [1.165, 1.54) is 19.3 Å². The van der Waals surface area contributed by atoms with Crippen molar-refractivity contribution in [2.75, 3.05) is 6.54 Å². The summed E-state index contributed by atoms with van der Waals surface area (Å²) in [6, 6.07) is 0.389. The van der Waals surface area contributed by atoms with Gasteiger partial charge in [-0.15, -0.1) is 0 Å². The fraction of sp³-hybridized carbons (Fsp3) is 0.909. The van der Waals surface area contributed by atoms with Crippen LogP contribution >= 0.6 is 0 Å². The minimum absolute atomic E-state index is 0.112. The normalized spacial score (nSPS) is 31.4. The molecule has 1 unspecified atom stereocenters. The van der Waals surface area contributed by atoms with Gasteiger partial charge in [-0.3, -0.25) is 9.69 Å². The SMILES string of the molecule is CC[C@@H]1CC[C@@H](C)N(C(C)C(N)=O)C1. The fourth-order valence-electron chi connectivity index (χ4n) is 2.25. The summed E-state index contributed by atoms with van der Waals surface area (Å²) in [6.07, 6.45) is 3.68. The molecule has 14 heavy (non-hydrogen) atoms. The third kappa shape index (κ3) is 2.47. The number of hydrogen-bond acceptors (Lipinski definition) is 2. The van der Waals surface area contributed by atoms with Gasteiger partial charge in [-0.25, -0.2) is 0 Å². The molecule has 0 aromatic carbocycles. The van der Waals surface area contributed by atoms with E-state index in [1.807, 2.05) is 6.92 Å². The molecule has 1 aliphatic rings. The number of carbonyl (C=O) groups is 1. The average Bonchev–Trinajstić information content (AvgIpc) is 2.17. The Bertz CT molecular complexity index is 205. The second-order valence-electron chi connectivity index (χ2n) is 4.48. The van der Waals surface area contributed by atoms with Crippen LogP contribution in [-0.2, 0) is 4.79 Å². The minimum Gasteiger partial charge on any atom is -0.368 e. The van der Waals surface area contributed by atoms with E-state index in [4.69, 9.17) is 5.73 Å². The third-order valence-electron chi connectivity index (χ3n) is 3.51. The molecule has 1 saturated heterocycles. The Morgan fingerprint density at radius 2 is 2.21 bits per heavy atom. The van der Waals surface area contributed by atoms with Crippen molar-refractivity contribution in [3.8, 4) is 0 Å². The lowest BCUT2D eigenvalue weighted by Crippen LogP contribution is -2.51. The zero-order valence-corrected chi connectivity index (χ0v) is 9.49. The van der Waals surface area contributed by atoms with Crippen molar-refractivity contribution in [3.05, 3.63) is 0 Å². The van der Waals surface area contributed by atoms with E-state index >= 15 is 0 Å². The van der Waals surface area contributed by atoms with Crippen LogP contribution in [0, 0.1) is 5.92 Å². The highest BCUT2D eigenvalue weighted by Gasteiger charge is 2.29. The van der Waals surface area contributed by atoms with Crippen molar-refractivity contribution in [1.82, 2.24) is 4.90 Å². The van der Waals surface area contributed by atoms with Gasteiger partial charge in [-0.2, -0.15) is 0 Å². The molecule has 3 heteroatoms. The van der Waals surface area contributed by atoms with E-state index < -0.39 is 0 Å². The van der Waals surface area contributed by atoms with E-state index in [0.717, 1.165) is 12.5 Å². The summed E-state index contributed by atoms with van der Waals surface area (Å²) < 4.78 is 0. The van der Waals surface area contributed by atoms with E-state index in [9.17, 15) is 4.79 Å². The van der Waals surface area contributed by atoms with Crippen LogP contribution in [0.1, 0.15) is 40.0 Å². The van der Waals surface area contributed by atoms with Crippen molar-refractivity contribution in [3.63, 3.8) is 0 Å². The van der Waals surface area contributed by atoms with E-state index in [0.29, 0.717) is 6.04 Å². The molecule has 3 atom stereocenters. The summed E-state index contributed by atoms with van der Waals surface area (Å²) in [5, 5.41) is 0. The lowest BCUT2D eigenvalue weighted by molar-refractivity contribution is -0.124. The first-order valence-electron chi connectivity index (χ1n) is 5.61. The minimum atomic E-state index is -0.200. The number of likely N-dealkylation sites (tertiary alicyclic amines) is 1. The summed E-state index contributed by atoms with van der Waals surface area (Å²) in [7, 11) is 0. The monoisotopic (exact) mass is 198 g/mol. The Kier molecular flexibility index (Phi) is 3.93. The van der Waals surface area contributed by atoms with Gasteiger partial charge in [0.15, 0.2) is 0 Å². The quantitative estimate of drug-likeness (QED) is 0.744. The van der Waals surface area contributed by atoms with Gasteiger partial charge in [0.1, 0.15) is 0 Å². The molecule has 82 valence electrons. The third-order valence-corrected chi connectivity index (χ3v) is 3.51. The molecule has 0 aromatic heterocycles. The first kappa shape index (κ1) is 11.5. The molecule has 0 saturated carbocycles. The topological polar surface area (TPSA) is 46.3 Å². The van der Waals surface area contributed by atoms with E-state index in [2.05, 4.69) is 18.7 Å². The maximum atomic E-state index is 11.1. The van der Waals surface area contributed by atoms with Crippen LogP contribution in [0.15, 0.2) is 0 Å². The van der Waals surface area contributed by atoms with Crippen molar-refractivity contribution < 1.29 is 4.79 Å². The van der Waals surface area contributed by atoms with Gasteiger partial charge in [-0.05, 0) is 32.6 Å². The lowest BCUT2D eigenvalue weighted by Gasteiger charge is -2.40. The fourth-order valence-corrected chi connectivity index (χ4v) is 2.25. The molecule has 1 fully saturated rings. The molecule has 0 radical (unpaired) electrons. The Morgan fingerprint density at radius 1 is 1.57 bits per heavy atom. The molecule has 2 N–H and O–H groups in total. The molecule has 1 heterocycles. The van der Waals surface area contributed by atoms with Gasteiger partial charge in [0.05, 0.1) is 6.04 Å². The van der Waals surface area contributed by atoms with Gasteiger partial charge in [0.2, 0.25) is 5.91 Å². The van der Waals surface area contributed by atoms with Crippen LogP contribution in [0.2, 0.25) is 0 Å². The number of hydrogen-bond donors (Lipinski definition) is 1. The second-order valence-corrected chi connectivity index (χ2v) is 4.48. The van der Waals surface area contributed by atoms with Crippen LogP contribution in [0.3, 0.4) is 0 Å². The van der Waals surface area contributed by atoms with E-state index in [1.54, 1.807) is 0 Å². The first-order chi connectivity index (χ1) is 6.56. The summed E-state index contributed by atoms with van der Waals surface area (Å²) in [6.45, 7) is 7.34. The molecule has 0 aromatic rings. The van der Waals surface area contributed by atoms with Crippen LogP contribution in [0.5, 0.6) is 0 Å². The van der Waals surface area contributed by atoms with Crippen LogP contribution in [0.25, 0.3) is 0 Å². The predicted octanol–water partition coefficient (Wildman–Crippen LogP) is 1.37. The van der Waals surface area contributed by atoms with E-state index in [-0.39, 0.29) is 11.9 Å².